The fourth-order valence-corrected chi connectivity index (χ4v) is 4.06. The SMILES string of the molecule is CNC(=O)c1ccccc1Sc1ccnc(Nc2ccc(N3CCOCC3)cc2)n1. The molecule has 1 aliphatic rings. The lowest BCUT2D eigenvalue weighted by molar-refractivity contribution is 0.0960. The Bertz CT molecular complexity index is 1010. The van der Waals surface area contributed by atoms with Crippen LogP contribution in [-0.2, 0) is 4.74 Å². The minimum absolute atomic E-state index is 0.120. The topological polar surface area (TPSA) is 79.4 Å². The van der Waals surface area contributed by atoms with Crippen molar-refractivity contribution in [1.82, 2.24) is 15.3 Å². The molecule has 2 N–H and O–H groups in total. The van der Waals surface area contributed by atoms with Gasteiger partial charge in [0.15, 0.2) is 0 Å². The Hall–Kier alpha value is -3.10. The monoisotopic (exact) mass is 421 g/mol. The summed E-state index contributed by atoms with van der Waals surface area (Å²) in [5.41, 5.74) is 2.72. The molecule has 3 aromatic rings. The second-order valence-electron chi connectivity index (χ2n) is 6.67. The third kappa shape index (κ3) is 4.90. The Labute approximate surface area is 179 Å². The van der Waals surface area contributed by atoms with E-state index < -0.39 is 0 Å². The maximum Gasteiger partial charge on any atom is 0.252 e. The van der Waals surface area contributed by atoms with E-state index in [1.54, 1.807) is 19.3 Å². The van der Waals surface area contributed by atoms with Crippen molar-refractivity contribution >= 4 is 35.0 Å². The van der Waals surface area contributed by atoms with Crippen molar-refractivity contribution in [2.24, 2.45) is 0 Å². The van der Waals surface area contributed by atoms with Gasteiger partial charge in [-0.3, -0.25) is 4.79 Å². The molecule has 154 valence electrons. The summed E-state index contributed by atoms with van der Waals surface area (Å²) in [6.45, 7) is 3.35. The summed E-state index contributed by atoms with van der Waals surface area (Å²) in [6, 6.07) is 17.5. The summed E-state index contributed by atoms with van der Waals surface area (Å²) < 4.78 is 5.41. The second-order valence-corrected chi connectivity index (χ2v) is 7.73. The second kappa shape index (κ2) is 9.60. The number of nitrogens with zero attached hydrogens (tertiary/aromatic N) is 3. The number of amides is 1. The van der Waals surface area contributed by atoms with Crippen LogP contribution in [0.25, 0.3) is 0 Å². The van der Waals surface area contributed by atoms with E-state index >= 15 is 0 Å². The number of hydrogen-bond acceptors (Lipinski definition) is 7. The largest absolute Gasteiger partial charge is 0.378 e. The highest BCUT2D eigenvalue weighted by Gasteiger charge is 2.13. The molecular formula is C22H23N5O2S. The van der Waals surface area contributed by atoms with Gasteiger partial charge in [0.2, 0.25) is 5.95 Å². The average molecular weight is 422 g/mol. The van der Waals surface area contributed by atoms with E-state index in [0.717, 1.165) is 41.9 Å². The standard InChI is InChI=1S/C22H23N5O2S/c1-23-21(28)18-4-2-3-5-19(18)30-20-10-11-24-22(26-20)25-16-6-8-17(9-7-16)27-12-14-29-15-13-27/h2-11H,12-15H2,1H3,(H,23,28)(H,24,25,26). The average Bonchev–Trinajstić information content (AvgIpc) is 2.80. The minimum atomic E-state index is -0.120. The van der Waals surface area contributed by atoms with Crippen LogP contribution in [-0.4, -0.2) is 49.2 Å². The van der Waals surface area contributed by atoms with Crippen molar-refractivity contribution in [3.05, 3.63) is 66.4 Å². The lowest BCUT2D eigenvalue weighted by Crippen LogP contribution is -2.36. The van der Waals surface area contributed by atoms with Gasteiger partial charge in [-0.25, -0.2) is 9.97 Å². The molecule has 2 heterocycles. The van der Waals surface area contributed by atoms with E-state index in [2.05, 4.69) is 37.6 Å². The summed E-state index contributed by atoms with van der Waals surface area (Å²) in [5.74, 6) is 0.391. The highest BCUT2D eigenvalue weighted by molar-refractivity contribution is 7.99. The molecule has 2 aromatic carbocycles. The number of anilines is 3. The summed E-state index contributed by atoms with van der Waals surface area (Å²) in [4.78, 5) is 24.2. The van der Waals surface area contributed by atoms with Gasteiger partial charge in [0.05, 0.1) is 18.8 Å². The molecule has 30 heavy (non-hydrogen) atoms. The van der Waals surface area contributed by atoms with Gasteiger partial charge in [0.25, 0.3) is 5.91 Å². The van der Waals surface area contributed by atoms with E-state index in [4.69, 9.17) is 4.74 Å². The van der Waals surface area contributed by atoms with Crippen molar-refractivity contribution in [3.8, 4) is 0 Å². The van der Waals surface area contributed by atoms with Crippen LogP contribution in [0.1, 0.15) is 10.4 Å². The first-order valence-corrected chi connectivity index (χ1v) is 10.6. The van der Waals surface area contributed by atoms with Gasteiger partial charge in [0.1, 0.15) is 5.03 Å². The zero-order chi connectivity index (χ0) is 20.8. The Kier molecular flexibility index (Phi) is 6.46. The first-order valence-electron chi connectivity index (χ1n) is 9.75. The number of carbonyl (C=O) groups excluding carboxylic acids is 1. The maximum absolute atomic E-state index is 12.1. The van der Waals surface area contributed by atoms with Crippen molar-refractivity contribution in [2.75, 3.05) is 43.6 Å². The van der Waals surface area contributed by atoms with Gasteiger partial charge in [-0.05, 0) is 42.5 Å². The molecule has 0 spiro atoms. The Morgan fingerprint density at radius 3 is 2.60 bits per heavy atom. The number of carbonyl (C=O) groups is 1. The Balaban J connectivity index is 1.46. The number of morpholine rings is 1. The van der Waals surface area contributed by atoms with E-state index in [1.165, 1.54) is 17.4 Å². The molecule has 0 aliphatic carbocycles. The van der Waals surface area contributed by atoms with E-state index in [1.807, 2.05) is 36.4 Å². The highest BCUT2D eigenvalue weighted by Crippen LogP contribution is 2.30. The van der Waals surface area contributed by atoms with Crippen molar-refractivity contribution in [3.63, 3.8) is 0 Å². The molecule has 8 heteroatoms. The van der Waals surface area contributed by atoms with Gasteiger partial charge in [-0.15, -0.1) is 0 Å². The molecule has 0 radical (unpaired) electrons. The first kappa shape index (κ1) is 20.2. The van der Waals surface area contributed by atoms with Crippen LogP contribution in [0.5, 0.6) is 0 Å². The lowest BCUT2D eigenvalue weighted by atomic mass is 10.2. The van der Waals surface area contributed by atoms with Crippen molar-refractivity contribution < 1.29 is 9.53 Å². The Morgan fingerprint density at radius 2 is 1.83 bits per heavy atom. The van der Waals surface area contributed by atoms with Crippen LogP contribution in [0.3, 0.4) is 0 Å². The van der Waals surface area contributed by atoms with Gasteiger partial charge in [-0.1, -0.05) is 23.9 Å². The molecule has 0 atom stereocenters. The predicted molar refractivity (Wildman–Crippen MR) is 119 cm³/mol. The van der Waals surface area contributed by atoms with Crippen LogP contribution in [0.4, 0.5) is 17.3 Å². The Morgan fingerprint density at radius 1 is 1.07 bits per heavy atom. The highest BCUT2D eigenvalue weighted by atomic mass is 32.2. The molecule has 0 bridgehead atoms. The van der Waals surface area contributed by atoms with Gasteiger partial charge in [0, 0.05) is 42.6 Å². The van der Waals surface area contributed by atoms with E-state index in [9.17, 15) is 4.79 Å². The summed E-state index contributed by atoms with van der Waals surface area (Å²) in [5, 5.41) is 6.68. The van der Waals surface area contributed by atoms with Gasteiger partial charge < -0.3 is 20.3 Å². The normalized spacial score (nSPS) is 13.7. The van der Waals surface area contributed by atoms with E-state index in [-0.39, 0.29) is 5.91 Å². The molecule has 1 fully saturated rings. The molecule has 1 aliphatic heterocycles. The number of hydrogen-bond donors (Lipinski definition) is 2. The van der Waals surface area contributed by atoms with Crippen LogP contribution < -0.4 is 15.5 Å². The van der Waals surface area contributed by atoms with Crippen LogP contribution in [0.15, 0.2) is 70.7 Å². The van der Waals surface area contributed by atoms with Crippen LogP contribution in [0, 0.1) is 0 Å². The van der Waals surface area contributed by atoms with Gasteiger partial charge >= 0.3 is 0 Å². The molecular weight excluding hydrogens is 398 g/mol. The predicted octanol–water partition coefficient (Wildman–Crippen LogP) is 3.57. The first-order chi connectivity index (χ1) is 14.7. The number of nitrogens with one attached hydrogen (secondary N) is 2. The zero-order valence-electron chi connectivity index (χ0n) is 16.7. The molecule has 1 aromatic heterocycles. The molecule has 0 saturated carbocycles. The third-order valence-electron chi connectivity index (χ3n) is 4.70. The van der Waals surface area contributed by atoms with Gasteiger partial charge in [-0.2, -0.15) is 0 Å². The number of aromatic nitrogens is 2. The smallest absolute Gasteiger partial charge is 0.252 e. The minimum Gasteiger partial charge on any atom is -0.378 e. The third-order valence-corrected chi connectivity index (χ3v) is 5.72. The molecule has 7 nitrogen and oxygen atoms in total. The van der Waals surface area contributed by atoms with E-state index in [0.29, 0.717) is 11.5 Å². The summed E-state index contributed by atoms with van der Waals surface area (Å²) >= 11 is 1.43. The fraction of sp³-hybridized carbons (Fsp3) is 0.227. The zero-order valence-corrected chi connectivity index (χ0v) is 17.5. The molecule has 1 saturated heterocycles. The fourth-order valence-electron chi connectivity index (χ4n) is 3.16. The quantitative estimate of drug-likeness (QED) is 0.589. The van der Waals surface area contributed by atoms with Crippen LogP contribution >= 0.6 is 11.8 Å². The molecule has 1 amide bonds. The summed E-state index contributed by atoms with van der Waals surface area (Å²) in [7, 11) is 1.63. The molecule has 4 rings (SSSR count). The molecule has 0 unspecified atom stereocenters. The number of ether oxygens (including phenoxy) is 1. The lowest BCUT2D eigenvalue weighted by Gasteiger charge is -2.28. The summed E-state index contributed by atoms with van der Waals surface area (Å²) in [6.07, 6.45) is 1.71. The van der Waals surface area contributed by atoms with Crippen molar-refractivity contribution in [2.45, 2.75) is 9.92 Å². The van der Waals surface area contributed by atoms with Crippen LogP contribution in [0.2, 0.25) is 0 Å². The number of benzene rings is 2. The van der Waals surface area contributed by atoms with Crippen molar-refractivity contribution in [1.29, 1.82) is 0 Å². The maximum atomic E-state index is 12.1. The number of rotatable bonds is 6.